The maximum Gasteiger partial charge on any atom is 0.245 e. The van der Waals surface area contributed by atoms with Crippen LogP contribution in [0, 0.1) is 6.92 Å². The van der Waals surface area contributed by atoms with E-state index in [1.807, 2.05) is 19.1 Å². The summed E-state index contributed by atoms with van der Waals surface area (Å²) >= 11 is 0. The van der Waals surface area contributed by atoms with Crippen LogP contribution in [-0.2, 0) is 4.79 Å². The third-order valence-corrected chi connectivity index (χ3v) is 3.08. The number of nitrogens with two attached hydrogens (primary N) is 1. The number of pyridine rings is 1. The molecule has 2 rings (SSSR count). The zero-order valence-corrected chi connectivity index (χ0v) is 11.9. The second-order valence-corrected chi connectivity index (χ2v) is 4.48. The number of hydrogen-bond donors (Lipinski definition) is 2. The lowest BCUT2D eigenvalue weighted by molar-refractivity contribution is -0.121. The van der Waals surface area contributed by atoms with Crippen LogP contribution in [0.3, 0.4) is 0 Å². The minimum absolute atomic E-state index is 0. The lowest BCUT2D eigenvalue weighted by Crippen LogP contribution is -2.48. The van der Waals surface area contributed by atoms with Crippen LogP contribution < -0.4 is 11.1 Å². The Kier molecular flexibility index (Phi) is 6.60. The Morgan fingerprint density at radius 1 is 1.33 bits per heavy atom. The van der Waals surface area contributed by atoms with Crippen molar-refractivity contribution in [1.29, 1.82) is 0 Å². The van der Waals surface area contributed by atoms with Crippen LogP contribution in [0.25, 0.3) is 0 Å². The molecule has 1 amide bonds. The van der Waals surface area contributed by atoms with E-state index in [4.69, 9.17) is 5.73 Å². The first-order chi connectivity index (χ1) is 7.60. The molecule has 0 bridgehead atoms. The van der Waals surface area contributed by atoms with Crippen molar-refractivity contribution in [3.8, 4) is 0 Å². The molecule has 1 heterocycles. The summed E-state index contributed by atoms with van der Waals surface area (Å²) in [5, 5.41) is 2.79. The molecule has 1 saturated carbocycles. The van der Waals surface area contributed by atoms with Crippen LogP contribution in [0.15, 0.2) is 18.2 Å². The van der Waals surface area contributed by atoms with Crippen LogP contribution in [0.2, 0.25) is 0 Å². The summed E-state index contributed by atoms with van der Waals surface area (Å²) in [4.78, 5) is 16.2. The van der Waals surface area contributed by atoms with Crippen molar-refractivity contribution >= 4 is 36.5 Å². The smallest absolute Gasteiger partial charge is 0.245 e. The van der Waals surface area contributed by atoms with Crippen molar-refractivity contribution in [2.45, 2.75) is 38.1 Å². The largest absolute Gasteiger partial charge is 0.317 e. The summed E-state index contributed by atoms with van der Waals surface area (Å²) in [6.07, 6.45) is 3.60. The molecule has 0 aliphatic heterocycles. The van der Waals surface area contributed by atoms with Gasteiger partial charge in [-0.3, -0.25) is 4.79 Å². The lowest BCUT2D eigenvalue weighted by Gasteiger charge is -2.21. The van der Waals surface area contributed by atoms with Gasteiger partial charge in [-0.2, -0.15) is 0 Å². The van der Waals surface area contributed by atoms with E-state index in [2.05, 4.69) is 10.3 Å². The number of carbonyl (C=O) groups excluding carboxylic acids is 1. The molecule has 1 aliphatic rings. The van der Waals surface area contributed by atoms with E-state index in [0.29, 0.717) is 5.82 Å². The molecule has 0 unspecified atom stereocenters. The molecule has 0 aromatic carbocycles. The van der Waals surface area contributed by atoms with E-state index in [1.54, 1.807) is 6.07 Å². The predicted molar refractivity (Wildman–Crippen MR) is 77.5 cm³/mol. The van der Waals surface area contributed by atoms with Gasteiger partial charge in [-0.05, 0) is 31.9 Å². The Bertz CT molecular complexity index is 406. The van der Waals surface area contributed by atoms with Crippen molar-refractivity contribution in [2.24, 2.45) is 5.73 Å². The first-order valence-corrected chi connectivity index (χ1v) is 5.64. The maximum absolute atomic E-state index is 12.0. The van der Waals surface area contributed by atoms with Gasteiger partial charge in [0.05, 0.1) is 5.54 Å². The zero-order chi connectivity index (χ0) is 11.6. The zero-order valence-electron chi connectivity index (χ0n) is 10.3. The molecule has 6 heteroatoms. The van der Waals surface area contributed by atoms with Gasteiger partial charge in [-0.1, -0.05) is 18.9 Å². The molecule has 1 aromatic heterocycles. The number of aromatic nitrogens is 1. The summed E-state index contributed by atoms with van der Waals surface area (Å²) in [6, 6.07) is 5.54. The van der Waals surface area contributed by atoms with Gasteiger partial charge >= 0.3 is 0 Å². The first-order valence-electron chi connectivity index (χ1n) is 5.64. The van der Waals surface area contributed by atoms with E-state index in [1.165, 1.54) is 0 Å². The van der Waals surface area contributed by atoms with Gasteiger partial charge in [0.1, 0.15) is 5.82 Å². The fraction of sp³-hybridized carbons (Fsp3) is 0.500. The lowest BCUT2D eigenvalue weighted by atomic mass is 9.98. The number of nitrogens with one attached hydrogen (secondary N) is 1. The molecule has 0 spiro atoms. The summed E-state index contributed by atoms with van der Waals surface area (Å²) in [7, 11) is 0. The molecule has 1 aliphatic carbocycles. The number of amides is 1. The van der Waals surface area contributed by atoms with Gasteiger partial charge in [0, 0.05) is 5.69 Å². The summed E-state index contributed by atoms with van der Waals surface area (Å²) in [5.74, 6) is 0.477. The Morgan fingerprint density at radius 3 is 2.50 bits per heavy atom. The number of carbonyl (C=O) groups is 1. The van der Waals surface area contributed by atoms with E-state index in [-0.39, 0.29) is 30.7 Å². The maximum atomic E-state index is 12.0. The molecular formula is C12H19Cl2N3O. The monoisotopic (exact) mass is 291 g/mol. The summed E-state index contributed by atoms with van der Waals surface area (Å²) in [6.45, 7) is 1.89. The van der Waals surface area contributed by atoms with Crippen LogP contribution in [0.1, 0.15) is 31.4 Å². The van der Waals surface area contributed by atoms with E-state index in [0.717, 1.165) is 31.4 Å². The van der Waals surface area contributed by atoms with Gasteiger partial charge in [-0.15, -0.1) is 24.8 Å². The Labute approximate surface area is 120 Å². The third kappa shape index (κ3) is 3.83. The average Bonchev–Trinajstić information content (AvgIpc) is 2.66. The number of rotatable bonds is 2. The van der Waals surface area contributed by atoms with Crippen molar-refractivity contribution in [1.82, 2.24) is 4.98 Å². The topological polar surface area (TPSA) is 68.0 Å². The second-order valence-electron chi connectivity index (χ2n) is 4.48. The highest BCUT2D eigenvalue weighted by Crippen LogP contribution is 2.28. The highest BCUT2D eigenvalue weighted by atomic mass is 35.5. The van der Waals surface area contributed by atoms with E-state index >= 15 is 0 Å². The van der Waals surface area contributed by atoms with E-state index < -0.39 is 5.54 Å². The van der Waals surface area contributed by atoms with Gasteiger partial charge < -0.3 is 11.1 Å². The molecule has 18 heavy (non-hydrogen) atoms. The number of aryl methyl sites for hydroxylation is 1. The van der Waals surface area contributed by atoms with Crippen LogP contribution in [0.5, 0.6) is 0 Å². The van der Waals surface area contributed by atoms with Crippen LogP contribution in [-0.4, -0.2) is 16.4 Å². The Hall–Kier alpha value is -0.840. The van der Waals surface area contributed by atoms with Crippen molar-refractivity contribution in [3.05, 3.63) is 23.9 Å². The molecule has 3 N–H and O–H groups in total. The fourth-order valence-corrected chi connectivity index (χ4v) is 2.09. The third-order valence-electron chi connectivity index (χ3n) is 3.08. The molecule has 0 saturated heterocycles. The average molecular weight is 292 g/mol. The predicted octanol–water partition coefficient (Wildman–Crippen LogP) is 2.44. The molecule has 102 valence electrons. The number of halogens is 2. The number of hydrogen-bond acceptors (Lipinski definition) is 3. The van der Waals surface area contributed by atoms with Crippen molar-refractivity contribution in [3.63, 3.8) is 0 Å². The molecule has 0 radical (unpaired) electrons. The highest BCUT2D eigenvalue weighted by Gasteiger charge is 2.37. The second kappa shape index (κ2) is 6.92. The molecule has 4 nitrogen and oxygen atoms in total. The van der Waals surface area contributed by atoms with Crippen molar-refractivity contribution in [2.75, 3.05) is 5.32 Å². The minimum Gasteiger partial charge on any atom is -0.317 e. The minimum atomic E-state index is -0.689. The Balaban J connectivity index is 0.00000144. The standard InChI is InChI=1S/C12H17N3O.2ClH/c1-9-5-4-6-10(14-9)15-11(16)12(13)7-2-3-8-12;;/h4-6H,2-3,7-8,13H2,1H3,(H,14,15,16);2*1H. The van der Waals surface area contributed by atoms with Crippen LogP contribution in [0.4, 0.5) is 5.82 Å². The summed E-state index contributed by atoms with van der Waals surface area (Å²) in [5.41, 5.74) is 6.24. The molecule has 1 aromatic rings. The Morgan fingerprint density at radius 2 is 1.94 bits per heavy atom. The molecule has 0 atom stereocenters. The fourth-order valence-electron chi connectivity index (χ4n) is 2.09. The van der Waals surface area contributed by atoms with E-state index in [9.17, 15) is 4.79 Å². The highest BCUT2D eigenvalue weighted by molar-refractivity contribution is 5.97. The first kappa shape index (κ1) is 17.2. The molecule has 1 fully saturated rings. The normalized spacial score (nSPS) is 16.3. The van der Waals surface area contributed by atoms with Gasteiger partial charge in [0.2, 0.25) is 5.91 Å². The summed E-state index contributed by atoms with van der Waals surface area (Å²) < 4.78 is 0. The quantitative estimate of drug-likeness (QED) is 0.879. The molecular weight excluding hydrogens is 273 g/mol. The van der Waals surface area contributed by atoms with Gasteiger partial charge in [-0.25, -0.2) is 4.98 Å². The SMILES string of the molecule is Cc1cccc(NC(=O)C2(N)CCCC2)n1.Cl.Cl. The van der Waals surface area contributed by atoms with Crippen LogP contribution >= 0.6 is 24.8 Å². The number of anilines is 1. The number of nitrogens with zero attached hydrogens (tertiary/aromatic N) is 1. The van der Waals surface area contributed by atoms with Crippen molar-refractivity contribution < 1.29 is 4.79 Å². The van der Waals surface area contributed by atoms with Gasteiger partial charge in [0.15, 0.2) is 0 Å². The van der Waals surface area contributed by atoms with Gasteiger partial charge in [0.25, 0.3) is 0 Å².